The first kappa shape index (κ1) is 27.5. The van der Waals surface area contributed by atoms with Crippen molar-refractivity contribution in [3.05, 3.63) is 23.8 Å². The predicted octanol–water partition coefficient (Wildman–Crippen LogP) is -2.12. The van der Waals surface area contributed by atoms with Gasteiger partial charge in [-0.3, -0.25) is 4.79 Å². The number of aliphatic hydroxyl groups is 5. The van der Waals surface area contributed by atoms with Crippen LogP contribution >= 0.6 is 0 Å². The molecule has 2 aliphatic rings. The van der Waals surface area contributed by atoms with E-state index in [0.717, 1.165) is 0 Å². The van der Waals surface area contributed by atoms with Crippen LogP contribution in [-0.2, 0) is 34.9 Å². The minimum absolute atomic E-state index is 0.0143. The number of aromatic hydroxyl groups is 2. The number of phenolic OH excluding ortho intramolecular Hbond substituents is 2. The third kappa shape index (κ3) is 6.58. The Kier molecular flexibility index (Phi) is 9.26. The summed E-state index contributed by atoms with van der Waals surface area (Å²) in [5.41, 5.74) is 0.621. The first-order valence-corrected chi connectivity index (χ1v) is 11.1. The Bertz CT molecular complexity index is 851. The van der Waals surface area contributed by atoms with Crippen LogP contribution in [-0.4, -0.2) is 116 Å². The summed E-state index contributed by atoms with van der Waals surface area (Å²) in [5, 5.41) is 70.7. The van der Waals surface area contributed by atoms with E-state index in [1.165, 1.54) is 26.0 Å². The highest BCUT2D eigenvalue weighted by molar-refractivity contribution is 5.65. The fraction of sp³-hybridized carbons (Fsp3) is 0.682. The number of carbonyl (C=O) groups excluding carboxylic acids is 1. The Hall–Kier alpha value is -2.07. The quantitative estimate of drug-likeness (QED) is 0.150. The molecule has 0 spiro atoms. The summed E-state index contributed by atoms with van der Waals surface area (Å²) in [5.74, 6) is -1.21. The third-order valence-corrected chi connectivity index (χ3v) is 5.91. The molecule has 0 aliphatic carbocycles. The number of ether oxygens (including phenoxy) is 5. The second-order valence-corrected chi connectivity index (χ2v) is 8.55. The van der Waals surface area contributed by atoms with Crippen LogP contribution in [0.4, 0.5) is 0 Å². The van der Waals surface area contributed by atoms with Gasteiger partial charge < -0.3 is 59.4 Å². The lowest BCUT2D eigenvalue weighted by atomic mass is 9.97. The molecule has 2 saturated heterocycles. The van der Waals surface area contributed by atoms with Gasteiger partial charge in [-0.25, -0.2) is 0 Å². The molecule has 7 N–H and O–H groups in total. The van der Waals surface area contributed by atoms with Crippen LogP contribution in [0, 0.1) is 0 Å². The molecule has 1 aromatic carbocycles. The SMILES string of the molecule is CC(=O)OC[C@H]1O[C@@H](OCCc2ccc(O)c(O)c2)[C@H](O)[C@@H](O[C@@H]2O[C@@H](C)[C@H](O)[C@@H](O)[C@H]2O)[C@@H]1O. The van der Waals surface area contributed by atoms with Gasteiger partial charge in [0.05, 0.1) is 12.7 Å². The average molecular weight is 504 g/mol. The number of aliphatic hydroxyl groups excluding tert-OH is 5. The van der Waals surface area contributed by atoms with Gasteiger partial charge in [0.15, 0.2) is 24.1 Å². The first-order chi connectivity index (χ1) is 16.5. The van der Waals surface area contributed by atoms with Gasteiger partial charge in [0.2, 0.25) is 0 Å². The number of esters is 1. The van der Waals surface area contributed by atoms with E-state index in [4.69, 9.17) is 23.7 Å². The maximum Gasteiger partial charge on any atom is 0.302 e. The lowest BCUT2D eigenvalue weighted by Gasteiger charge is -2.45. The Morgan fingerprint density at radius 3 is 2.29 bits per heavy atom. The maximum atomic E-state index is 11.2. The fourth-order valence-electron chi connectivity index (χ4n) is 3.84. The number of hydrogen-bond acceptors (Lipinski definition) is 13. The van der Waals surface area contributed by atoms with Crippen LogP contribution in [0.25, 0.3) is 0 Å². The Balaban J connectivity index is 1.70. The average Bonchev–Trinajstić information content (AvgIpc) is 2.81. The summed E-state index contributed by atoms with van der Waals surface area (Å²) < 4.78 is 27.1. The molecule has 0 aromatic heterocycles. The van der Waals surface area contributed by atoms with Gasteiger partial charge >= 0.3 is 5.97 Å². The van der Waals surface area contributed by atoms with Crippen molar-refractivity contribution in [1.82, 2.24) is 0 Å². The highest BCUT2D eigenvalue weighted by Gasteiger charge is 2.50. The van der Waals surface area contributed by atoms with Crippen molar-refractivity contribution in [3.63, 3.8) is 0 Å². The summed E-state index contributed by atoms with van der Waals surface area (Å²) in [6, 6.07) is 4.23. The van der Waals surface area contributed by atoms with Crippen molar-refractivity contribution in [2.24, 2.45) is 0 Å². The molecule has 0 amide bonds. The lowest BCUT2D eigenvalue weighted by molar-refractivity contribution is -0.357. The molecular weight excluding hydrogens is 472 g/mol. The van der Waals surface area contributed by atoms with E-state index in [9.17, 15) is 40.5 Å². The van der Waals surface area contributed by atoms with Crippen LogP contribution in [0.5, 0.6) is 11.5 Å². The minimum Gasteiger partial charge on any atom is -0.504 e. The second kappa shape index (κ2) is 11.8. The van der Waals surface area contributed by atoms with Crippen molar-refractivity contribution in [3.8, 4) is 11.5 Å². The predicted molar refractivity (Wildman–Crippen MR) is 114 cm³/mol. The van der Waals surface area contributed by atoms with Crippen molar-refractivity contribution < 1.29 is 64.2 Å². The van der Waals surface area contributed by atoms with Crippen LogP contribution < -0.4 is 0 Å². The van der Waals surface area contributed by atoms with Gasteiger partial charge in [-0.05, 0) is 31.0 Å². The molecule has 2 heterocycles. The summed E-state index contributed by atoms with van der Waals surface area (Å²) in [4.78, 5) is 11.2. The van der Waals surface area contributed by atoms with Crippen LogP contribution in [0.1, 0.15) is 19.4 Å². The van der Waals surface area contributed by atoms with E-state index >= 15 is 0 Å². The van der Waals surface area contributed by atoms with E-state index in [0.29, 0.717) is 5.56 Å². The van der Waals surface area contributed by atoms with Gasteiger partial charge in [0.25, 0.3) is 0 Å². The van der Waals surface area contributed by atoms with Crippen molar-refractivity contribution in [1.29, 1.82) is 0 Å². The van der Waals surface area contributed by atoms with E-state index < -0.39 is 67.4 Å². The molecule has 2 fully saturated rings. The zero-order valence-electron chi connectivity index (χ0n) is 19.2. The Morgan fingerprint density at radius 2 is 1.63 bits per heavy atom. The van der Waals surface area contributed by atoms with Crippen LogP contribution in [0.2, 0.25) is 0 Å². The normalized spacial score (nSPS) is 37.7. The highest BCUT2D eigenvalue weighted by atomic mass is 16.7. The fourth-order valence-corrected chi connectivity index (χ4v) is 3.84. The van der Waals surface area contributed by atoms with Gasteiger partial charge in [-0.1, -0.05) is 6.07 Å². The number of benzene rings is 1. The zero-order valence-corrected chi connectivity index (χ0v) is 19.2. The summed E-state index contributed by atoms with van der Waals surface area (Å²) in [6.07, 6.45) is -14.0. The molecule has 0 bridgehead atoms. The molecule has 0 radical (unpaired) electrons. The van der Waals surface area contributed by atoms with Gasteiger partial charge in [0, 0.05) is 6.92 Å². The monoisotopic (exact) mass is 504 g/mol. The third-order valence-electron chi connectivity index (χ3n) is 5.91. The summed E-state index contributed by atoms with van der Waals surface area (Å²) in [6.45, 7) is 2.21. The molecular formula is C22H32O13. The van der Waals surface area contributed by atoms with Crippen LogP contribution in [0.15, 0.2) is 18.2 Å². The molecule has 13 nitrogen and oxygen atoms in total. The van der Waals surface area contributed by atoms with Crippen molar-refractivity contribution in [2.75, 3.05) is 13.2 Å². The minimum atomic E-state index is -1.68. The standard InChI is InChI=1S/C22H32O13/c1-9-15(26)17(28)18(29)22(33-9)35-20-16(27)14(8-32-10(2)23)34-21(19(20)30)31-6-5-11-3-4-12(24)13(25)7-11/h3-4,7,9,14-22,24-30H,5-6,8H2,1-2H3/t9-,14+,15-,16+,17+,18+,19+,20-,21+,22-/m0/s1. The zero-order chi connectivity index (χ0) is 25.9. The van der Waals surface area contributed by atoms with Gasteiger partial charge in [-0.15, -0.1) is 0 Å². The molecule has 10 atom stereocenters. The molecule has 1 aromatic rings. The Labute approximate surface area is 201 Å². The number of rotatable bonds is 8. The van der Waals surface area contributed by atoms with Gasteiger partial charge in [-0.2, -0.15) is 0 Å². The number of carbonyl (C=O) groups is 1. The topological polar surface area (TPSA) is 205 Å². The van der Waals surface area contributed by atoms with E-state index in [1.807, 2.05) is 0 Å². The summed E-state index contributed by atoms with van der Waals surface area (Å²) >= 11 is 0. The number of phenols is 2. The van der Waals surface area contributed by atoms with E-state index in [-0.39, 0.29) is 31.1 Å². The first-order valence-electron chi connectivity index (χ1n) is 11.1. The van der Waals surface area contributed by atoms with Gasteiger partial charge in [0.1, 0.15) is 49.3 Å². The maximum absolute atomic E-state index is 11.2. The van der Waals surface area contributed by atoms with E-state index in [2.05, 4.69) is 0 Å². The lowest BCUT2D eigenvalue weighted by Crippen LogP contribution is -2.64. The molecule has 0 saturated carbocycles. The molecule has 13 heteroatoms. The Morgan fingerprint density at radius 1 is 0.914 bits per heavy atom. The second-order valence-electron chi connectivity index (χ2n) is 8.55. The van der Waals surface area contributed by atoms with Crippen molar-refractivity contribution in [2.45, 2.75) is 81.7 Å². The highest BCUT2D eigenvalue weighted by Crippen LogP contribution is 2.30. The largest absolute Gasteiger partial charge is 0.504 e. The molecule has 0 unspecified atom stereocenters. The van der Waals surface area contributed by atoms with Crippen LogP contribution in [0.3, 0.4) is 0 Å². The van der Waals surface area contributed by atoms with E-state index in [1.54, 1.807) is 6.07 Å². The smallest absolute Gasteiger partial charge is 0.302 e. The molecule has 3 rings (SSSR count). The molecule has 2 aliphatic heterocycles. The molecule has 198 valence electrons. The summed E-state index contributed by atoms with van der Waals surface area (Å²) in [7, 11) is 0. The van der Waals surface area contributed by atoms with Crippen molar-refractivity contribution >= 4 is 5.97 Å². The number of hydrogen-bond donors (Lipinski definition) is 7. The molecule has 35 heavy (non-hydrogen) atoms.